The summed E-state index contributed by atoms with van der Waals surface area (Å²) in [6.45, 7) is 2.50. The smallest absolute Gasteiger partial charge is 0.251 e. The van der Waals surface area contributed by atoms with Crippen LogP contribution in [0.4, 0.5) is 0 Å². The number of hydrogen-bond donors (Lipinski definition) is 2. The van der Waals surface area contributed by atoms with E-state index in [1.165, 1.54) is 12.1 Å². The Morgan fingerprint density at radius 1 is 0.964 bits per heavy atom. The number of aromatic nitrogens is 1. The average molecular weight is 395 g/mol. The molecule has 6 nitrogen and oxygen atoms in total. The third-order valence-electron chi connectivity index (χ3n) is 4.32. The molecular formula is C21H21N3O3S. The molecule has 2 N–H and O–H groups in total. The predicted octanol–water partition coefficient (Wildman–Crippen LogP) is 2.80. The van der Waals surface area contributed by atoms with E-state index in [1.807, 2.05) is 31.2 Å². The minimum Gasteiger partial charge on any atom is -0.348 e. The lowest BCUT2D eigenvalue weighted by atomic mass is 10.1. The van der Waals surface area contributed by atoms with Crippen LogP contribution in [0.1, 0.15) is 27.0 Å². The first-order valence-electron chi connectivity index (χ1n) is 8.77. The number of rotatable bonds is 7. The van der Waals surface area contributed by atoms with Gasteiger partial charge < -0.3 is 5.32 Å². The molecule has 0 saturated heterocycles. The third kappa shape index (κ3) is 5.03. The molecule has 1 amide bonds. The van der Waals surface area contributed by atoms with Gasteiger partial charge in [0.15, 0.2) is 0 Å². The minimum absolute atomic E-state index is 0.0464. The number of aryl methyl sites for hydroxylation is 1. The summed E-state index contributed by atoms with van der Waals surface area (Å²) in [6, 6.07) is 17.2. The first-order chi connectivity index (χ1) is 13.5. The summed E-state index contributed by atoms with van der Waals surface area (Å²) in [5, 5.41) is 2.83. The zero-order chi connectivity index (χ0) is 20.0. The fraction of sp³-hybridized carbons (Fsp3) is 0.143. The molecule has 0 bridgehead atoms. The van der Waals surface area contributed by atoms with Crippen LogP contribution in [0.2, 0.25) is 0 Å². The highest BCUT2D eigenvalue weighted by Gasteiger charge is 2.16. The van der Waals surface area contributed by atoms with Gasteiger partial charge in [-0.3, -0.25) is 9.78 Å². The van der Waals surface area contributed by atoms with E-state index >= 15 is 0 Å². The molecule has 1 aromatic heterocycles. The number of hydrogen-bond acceptors (Lipinski definition) is 4. The molecule has 0 aliphatic heterocycles. The van der Waals surface area contributed by atoms with Gasteiger partial charge in [0.2, 0.25) is 10.0 Å². The number of nitrogens with one attached hydrogen (secondary N) is 2. The lowest BCUT2D eigenvalue weighted by molar-refractivity contribution is 0.0950. The van der Waals surface area contributed by atoms with Gasteiger partial charge >= 0.3 is 0 Å². The summed E-state index contributed by atoms with van der Waals surface area (Å²) >= 11 is 0. The van der Waals surface area contributed by atoms with Crippen molar-refractivity contribution in [1.29, 1.82) is 0 Å². The van der Waals surface area contributed by atoms with E-state index in [0.29, 0.717) is 12.1 Å². The Kier molecular flexibility index (Phi) is 6.18. The number of sulfonamides is 1. The van der Waals surface area contributed by atoms with Gasteiger partial charge in [-0.1, -0.05) is 30.3 Å². The second-order valence-corrected chi connectivity index (χ2v) is 8.08. The van der Waals surface area contributed by atoms with Crippen molar-refractivity contribution in [3.05, 3.63) is 95.3 Å². The van der Waals surface area contributed by atoms with Crippen molar-refractivity contribution >= 4 is 15.9 Å². The number of carbonyl (C=O) groups excluding carboxylic acids is 1. The van der Waals surface area contributed by atoms with E-state index in [9.17, 15) is 13.2 Å². The monoisotopic (exact) mass is 395 g/mol. The summed E-state index contributed by atoms with van der Waals surface area (Å²) in [6.07, 6.45) is 3.20. The van der Waals surface area contributed by atoms with Crippen LogP contribution in [-0.2, 0) is 23.1 Å². The lowest BCUT2D eigenvalue weighted by Gasteiger charge is -2.10. The van der Waals surface area contributed by atoms with Crippen LogP contribution in [0.5, 0.6) is 0 Å². The highest BCUT2D eigenvalue weighted by Crippen LogP contribution is 2.13. The van der Waals surface area contributed by atoms with Crippen molar-refractivity contribution in [3.8, 4) is 0 Å². The van der Waals surface area contributed by atoms with Gasteiger partial charge in [-0.15, -0.1) is 0 Å². The zero-order valence-corrected chi connectivity index (χ0v) is 16.2. The molecule has 0 aliphatic carbocycles. The van der Waals surface area contributed by atoms with Crippen LogP contribution in [0.15, 0.2) is 78.0 Å². The van der Waals surface area contributed by atoms with Crippen LogP contribution in [-0.4, -0.2) is 19.3 Å². The van der Waals surface area contributed by atoms with Crippen molar-refractivity contribution in [2.75, 3.05) is 0 Å². The topological polar surface area (TPSA) is 88.2 Å². The fourth-order valence-electron chi connectivity index (χ4n) is 2.65. The van der Waals surface area contributed by atoms with Crippen LogP contribution in [0.3, 0.4) is 0 Å². The van der Waals surface area contributed by atoms with E-state index in [2.05, 4.69) is 15.0 Å². The van der Waals surface area contributed by atoms with Gasteiger partial charge in [0, 0.05) is 31.0 Å². The molecule has 3 aromatic rings. The van der Waals surface area contributed by atoms with Gasteiger partial charge in [0.25, 0.3) is 5.91 Å². The van der Waals surface area contributed by atoms with E-state index < -0.39 is 10.0 Å². The van der Waals surface area contributed by atoms with E-state index in [1.54, 1.807) is 36.7 Å². The maximum Gasteiger partial charge on any atom is 0.251 e. The Labute approximate surface area is 164 Å². The van der Waals surface area contributed by atoms with Crippen LogP contribution in [0.25, 0.3) is 0 Å². The molecule has 1 heterocycles. The van der Waals surface area contributed by atoms with Crippen LogP contribution in [0, 0.1) is 6.92 Å². The number of amides is 1. The Morgan fingerprint density at radius 2 is 1.71 bits per heavy atom. The number of nitrogens with zero attached hydrogens (tertiary/aromatic N) is 1. The maximum absolute atomic E-state index is 12.5. The summed E-state index contributed by atoms with van der Waals surface area (Å²) in [5.74, 6) is -0.325. The van der Waals surface area contributed by atoms with E-state index in [-0.39, 0.29) is 17.3 Å². The molecule has 144 valence electrons. The summed E-state index contributed by atoms with van der Waals surface area (Å²) in [4.78, 5) is 16.4. The molecule has 3 rings (SSSR count). The number of pyridine rings is 1. The molecule has 2 aromatic carbocycles. The van der Waals surface area contributed by atoms with Crippen LogP contribution >= 0.6 is 0 Å². The largest absolute Gasteiger partial charge is 0.348 e. The maximum atomic E-state index is 12.5. The molecule has 0 saturated carbocycles. The third-order valence-corrected chi connectivity index (χ3v) is 5.72. The molecule has 7 heteroatoms. The second-order valence-electron chi connectivity index (χ2n) is 6.32. The fourth-order valence-corrected chi connectivity index (χ4v) is 3.72. The molecule has 0 unspecified atom stereocenters. The first kappa shape index (κ1) is 19.7. The zero-order valence-electron chi connectivity index (χ0n) is 15.4. The van der Waals surface area contributed by atoms with Crippen LogP contribution < -0.4 is 10.0 Å². The molecule has 28 heavy (non-hydrogen) atoms. The number of carbonyl (C=O) groups is 1. The van der Waals surface area contributed by atoms with E-state index in [4.69, 9.17) is 0 Å². The van der Waals surface area contributed by atoms with Crippen molar-refractivity contribution in [2.24, 2.45) is 0 Å². The Bertz CT molecular complexity index is 1070. The van der Waals surface area contributed by atoms with Crippen molar-refractivity contribution in [2.45, 2.75) is 24.9 Å². The van der Waals surface area contributed by atoms with Crippen molar-refractivity contribution < 1.29 is 13.2 Å². The minimum atomic E-state index is -3.74. The quantitative estimate of drug-likeness (QED) is 0.644. The SMILES string of the molecule is Cc1ccccc1CNC(=O)c1cccc(S(=O)(=O)NCc2ccncc2)c1. The normalized spacial score (nSPS) is 11.2. The van der Waals surface area contributed by atoms with Gasteiger partial charge in [-0.25, -0.2) is 13.1 Å². The van der Waals surface area contributed by atoms with Gasteiger partial charge in [-0.2, -0.15) is 0 Å². The highest BCUT2D eigenvalue weighted by atomic mass is 32.2. The first-order valence-corrected chi connectivity index (χ1v) is 10.3. The van der Waals surface area contributed by atoms with E-state index in [0.717, 1.165) is 16.7 Å². The lowest BCUT2D eigenvalue weighted by Crippen LogP contribution is -2.25. The van der Waals surface area contributed by atoms with Crippen molar-refractivity contribution in [1.82, 2.24) is 15.0 Å². The molecule has 0 atom stereocenters. The molecule has 0 aliphatic rings. The Balaban J connectivity index is 1.68. The molecule has 0 spiro atoms. The number of benzene rings is 2. The molecule has 0 fully saturated rings. The predicted molar refractivity (Wildman–Crippen MR) is 107 cm³/mol. The van der Waals surface area contributed by atoms with Gasteiger partial charge in [0.1, 0.15) is 0 Å². The second kappa shape index (κ2) is 8.77. The summed E-state index contributed by atoms with van der Waals surface area (Å²) in [7, 11) is -3.74. The summed E-state index contributed by atoms with van der Waals surface area (Å²) in [5.41, 5.74) is 3.18. The highest BCUT2D eigenvalue weighted by molar-refractivity contribution is 7.89. The molecular weight excluding hydrogens is 374 g/mol. The van der Waals surface area contributed by atoms with Gasteiger partial charge in [0.05, 0.1) is 4.90 Å². The summed E-state index contributed by atoms with van der Waals surface area (Å²) < 4.78 is 27.6. The van der Waals surface area contributed by atoms with Crippen molar-refractivity contribution in [3.63, 3.8) is 0 Å². The van der Waals surface area contributed by atoms with Gasteiger partial charge in [-0.05, 0) is 53.9 Å². The Morgan fingerprint density at radius 3 is 2.46 bits per heavy atom. The molecule has 0 radical (unpaired) electrons. The standard InChI is InChI=1S/C21H21N3O3S/c1-16-5-2-3-6-19(16)15-23-21(25)18-7-4-8-20(13-18)28(26,27)24-14-17-9-11-22-12-10-17/h2-13,24H,14-15H2,1H3,(H,23,25). The average Bonchev–Trinajstić information content (AvgIpc) is 2.72. The Hall–Kier alpha value is -3.03.